The molecule has 1 N–H and O–H groups in total. The fraction of sp³-hybridized carbons (Fsp3) is 0.235. The monoisotopic (exact) mass is 344 g/mol. The summed E-state index contributed by atoms with van der Waals surface area (Å²) in [6.45, 7) is 3.97. The maximum Gasteiger partial charge on any atom is 0.265 e. The molecule has 0 radical (unpaired) electrons. The molecule has 0 saturated carbocycles. The van der Waals surface area contributed by atoms with E-state index in [0.29, 0.717) is 22.0 Å². The van der Waals surface area contributed by atoms with Crippen LogP contribution in [0, 0.1) is 0 Å². The summed E-state index contributed by atoms with van der Waals surface area (Å²) in [7, 11) is 0. The maximum atomic E-state index is 12.2. The van der Waals surface area contributed by atoms with Gasteiger partial charge >= 0.3 is 0 Å². The minimum atomic E-state index is -0.270. The number of carbonyl (C=O) groups is 1. The maximum absolute atomic E-state index is 12.2. The van der Waals surface area contributed by atoms with Gasteiger partial charge in [-0.15, -0.1) is 5.10 Å². The summed E-state index contributed by atoms with van der Waals surface area (Å²) in [6.07, 6.45) is 0. The molecule has 0 saturated heterocycles. The van der Waals surface area contributed by atoms with Gasteiger partial charge in [-0.2, -0.15) is 0 Å². The van der Waals surface area contributed by atoms with Gasteiger partial charge in [0.15, 0.2) is 6.61 Å². The summed E-state index contributed by atoms with van der Waals surface area (Å²) in [6, 6.07) is 12.8. The van der Waals surface area contributed by atoms with Crippen LogP contribution in [0.5, 0.6) is 0 Å². The number of nitrogens with one attached hydrogen (secondary N) is 1. The number of benzene rings is 2. The van der Waals surface area contributed by atoms with E-state index in [9.17, 15) is 4.79 Å². The number of anilines is 1. The number of rotatable bonds is 5. The summed E-state index contributed by atoms with van der Waals surface area (Å²) >= 11 is 5.96. The number of nitrogens with zero attached hydrogens (tertiary/aromatic N) is 3. The molecule has 0 aliphatic heterocycles. The van der Waals surface area contributed by atoms with Crippen LogP contribution >= 0.6 is 11.6 Å². The standard InChI is InChI=1S/C17H17ClN4O2/c1-11(2)13-5-3-4-6-14(13)19-17(23)10-24-22-16-9-12(18)7-8-15(16)20-21-22/h3-9,11H,10H2,1-2H3,(H,19,23). The number of hydrogen-bond acceptors (Lipinski definition) is 4. The first kappa shape index (κ1) is 16.3. The molecule has 0 bridgehead atoms. The first-order chi connectivity index (χ1) is 11.5. The molecule has 0 fully saturated rings. The molecule has 1 heterocycles. The highest BCUT2D eigenvalue weighted by molar-refractivity contribution is 6.31. The van der Waals surface area contributed by atoms with E-state index >= 15 is 0 Å². The van der Waals surface area contributed by atoms with Crippen LogP contribution in [0.15, 0.2) is 42.5 Å². The quantitative estimate of drug-likeness (QED) is 0.771. The first-order valence-corrected chi connectivity index (χ1v) is 7.95. The van der Waals surface area contributed by atoms with Crippen molar-refractivity contribution in [2.75, 3.05) is 11.9 Å². The van der Waals surface area contributed by atoms with Crippen LogP contribution in [0.3, 0.4) is 0 Å². The van der Waals surface area contributed by atoms with E-state index in [4.69, 9.17) is 16.4 Å². The molecule has 6 nitrogen and oxygen atoms in total. The molecule has 7 heteroatoms. The highest BCUT2D eigenvalue weighted by Gasteiger charge is 2.11. The molecule has 0 spiro atoms. The molecule has 0 atom stereocenters. The Morgan fingerprint density at radius 3 is 2.88 bits per heavy atom. The average Bonchev–Trinajstić information content (AvgIpc) is 2.95. The molecular formula is C17H17ClN4O2. The minimum Gasteiger partial charge on any atom is -0.385 e. The lowest BCUT2D eigenvalue weighted by molar-refractivity contribution is -0.121. The molecule has 24 heavy (non-hydrogen) atoms. The van der Waals surface area contributed by atoms with Gasteiger partial charge in [0.1, 0.15) is 11.0 Å². The fourth-order valence-corrected chi connectivity index (χ4v) is 2.55. The lowest BCUT2D eigenvalue weighted by atomic mass is 10.0. The second-order valence-corrected chi connectivity index (χ2v) is 6.10. The summed E-state index contributed by atoms with van der Waals surface area (Å²) in [4.78, 5) is 18.8. The SMILES string of the molecule is CC(C)c1ccccc1NC(=O)COn1nnc2ccc(Cl)cc21. The van der Waals surface area contributed by atoms with Crippen LogP contribution in [0.1, 0.15) is 25.3 Å². The largest absolute Gasteiger partial charge is 0.385 e. The van der Waals surface area contributed by atoms with Gasteiger partial charge in [-0.25, -0.2) is 0 Å². The van der Waals surface area contributed by atoms with Crippen molar-refractivity contribution in [3.8, 4) is 0 Å². The zero-order valence-corrected chi connectivity index (χ0v) is 14.1. The first-order valence-electron chi connectivity index (χ1n) is 7.57. The molecule has 0 unspecified atom stereocenters. The molecular weight excluding hydrogens is 328 g/mol. The van der Waals surface area contributed by atoms with Crippen molar-refractivity contribution < 1.29 is 9.63 Å². The van der Waals surface area contributed by atoms with E-state index in [2.05, 4.69) is 29.5 Å². The van der Waals surface area contributed by atoms with Crippen LogP contribution in [-0.2, 0) is 4.79 Å². The Hall–Kier alpha value is -2.60. The average molecular weight is 345 g/mol. The number of carbonyl (C=O) groups excluding carboxylic acids is 1. The third kappa shape index (κ3) is 3.49. The van der Waals surface area contributed by atoms with Crippen molar-refractivity contribution >= 4 is 34.2 Å². The Morgan fingerprint density at radius 1 is 1.29 bits per heavy atom. The second kappa shape index (κ2) is 6.88. The van der Waals surface area contributed by atoms with E-state index in [0.717, 1.165) is 11.3 Å². The number of aromatic nitrogens is 3. The number of fused-ring (bicyclic) bond motifs is 1. The number of para-hydroxylation sites is 1. The smallest absolute Gasteiger partial charge is 0.265 e. The van der Waals surface area contributed by atoms with Crippen molar-refractivity contribution in [3.05, 3.63) is 53.1 Å². The molecule has 0 aliphatic rings. The van der Waals surface area contributed by atoms with Gasteiger partial charge in [-0.1, -0.05) is 48.5 Å². The van der Waals surface area contributed by atoms with Crippen LogP contribution in [0.25, 0.3) is 11.0 Å². The highest BCUT2D eigenvalue weighted by atomic mass is 35.5. The van der Waals surface area contributed by atoms with Crippen LogP contribution < -0.4 is 10.2 Å². The van der Waals surface area contributed by atoms with Crippen LogP contribution in [0.4, 0.5) is 5.69 Å². The summed E-state index contributed by atoms with van der Waals surface area (Å²) in [5, 5.41) is 11.2. The van der Waals surface area contributed by atoms with Gasteiger partial charge in [-0.3, -0.25) is 4.79 Å². The van der Waals surface area contributed by atoms with E-state index in [1.165, 1.54) is 4.85 Å². The highest BCUT2D eigenvalue weighted by Crippen LogP contribution is 2.23. The minimum absolute atomic E-state index is 0.183. The van der Waals surface area contributed by atoms with Crippen molar-refractivity contribution in [2.45, 2.75) is 19.8 Å². The number of amides is 1. The van der Waals surface area contributed by atoms with E-state index in [1.807, 2.05) is 24.3 Å². The van der Waals surface area contributed by atoms with Gasteiger partial charge in [0.2, 0.25) is 0 Å². The summed E-state index contributed by atoms with van der Waals surface area (Å²) in [5.41, 5.74) is 3.11. The second-order valence-electron chi connectivity index (χ2n) is 5.66. The predicted molar refractivity (Wildman–Crippen MR) is 93.1 cm³/mol. The Balaban J connectivity index is 1.68. The molecule has 3 aromatic rings. The van der Waals surface area contributed by atoms with E-state index in [1.54, 1.807) is 18.2 Å². The zero-order valence-electron chi connectivity index (χ0n) is 13.4. The third-order valence-electron chi connectivity index (χ3n) is 3.55. The van der Waals surface area contributed by atoms with Gasteiger partial charge < -0.3 is 10.2 Å². The fourth-order valence-electron chi connectivity index (χ4n) is 2.39. The lowest BCUT2D eigenvalue weighted by Gasteiger charge is -2.13. The Labute approximate surface area is 144 Å². The van der Waals surface area contributed by atoms with Crippen molar-refractivity contribution in [1.82, 2.24) is 15.2 Å². The molecule has 1 amide bonds. The Bertz CT molecular complexity index is 876. The summed E-state index contributed by atoms with van der Waals surface area (Å²) < 4.78 is 0. The van der Waals surface area contributed by atoms with Gasteiger partial charge in [0, 0.05) is 10.7 Å². The van der Waals surface area contributed by atoms with Crippen LogP contribution in [-0.4, -0.2) is 27.7 Å². The summed E-state index contributed by atoms with van der Waals surface area (Å²) in [5.74, 6) is 0.0394. The van der Waals surface area contributed by atoms with Crippen molar-refractivity contribution in [2.24, 2.45) is 0 Å². The normalized spacial score (nSPS) is 11.0. The van der Waals surface area contributed by atoms with E-state index in [-0.39, 0.29) is 12.5 Å². The van der Waals surface area contributed by atoms with Gasteiger partial charge in [0.25, 0.3) is 5.91 Å². The third-order valence-corrected chi connectivity index (χ3v) is 3.79. The van der Waals surface area contributed by atoms with Gasteiger partial charge in [-0.05, 0) is 41.0 Å². The van der Waals surface area contributed by atoms with Crippen LogP contribution in [0.2, 0.25) is 5.02 Å². The zero-order chi connectivity index (χ0) is 17.1. The molecule has 3 rings (SSSR count). The van der Waals surface area contributed by atoms with E-state index < -0.39 is 0 Å². The molecule has 1 aromatic heterocycles. The Kier molecular flexibility index (Phi) is 4.66. The molecule has 2 aromatic carbocycles. The molecule has 0 aliphatic carbocycles. The number of halogens is 1. The lowest BCUT2D eigenvalue weighted by Crippen LogP contribution is -2.26. The topological polar surface area (TPSA) is 69.0 Å². The van der Waals surface area contributed by atoms with Gasteiger partial charge in [0.05, 0.1) is 0 Å². The molecule has 124 valence electrons. The number of hydrogen-bond donors (Lipinski definition) is 1. The van der Waals surface area contributed by atoms with Crippen molar-refractivity contribution in [1.29, 1.82) is 0 Å². The predicted octanol–water partition coefficient (Wildman–Crippen LogP) is 3.28. The Morgan fingerprint density at radius 2 is 2.08 bits per heavy atom. The van der Waals surface area contributed by atoms with Crippen molar-refractivity contribution in [3.63, 3.8) is 0 Å².